The van der Waals surface area contributed by atoms with E-state index in [0.717, 1.165) is 5.56 Å². The lowest BCUT2D eigenvalue weighted by Crippen LogP contribution is -2.24. The number of carbonyl (C=O) groups excluding carboxylic acids is 1. The molecule has 22 heavy (non-hydrogen) atoms. The third-order valence-electron chi connectivity index (χ3n) is 2.72. The number of aromatic hydroxyl groups is 1. The number of aromatic nitrogens is 1. The van der Waals surface area contributed by atoms with Crippen LogP contribution in [0.4, 0.5) is 4.79 Å². The van der Waals surface area contributed by atoms with Gasteiger partial charge in [0.2, 0.25) is 0 Å². The number of pyridine rings is 1. The van der Waals surface area contributed by atoms with Crippen molar-refractivity contribution in [2.24, 2.45) is 0 Å². The minimum Gasteiger partial charge on any atom is -0.506 e. The van der Waals surface area contributed by atoms with E-state index in [4.69, 9.17) is 16.3 Å². The number of nitrogens with one attached hydrogen (secondary N) is 1. The van der Waals surface area contributed by atoms with Gasteiger partial charge in [0.1, 0.15) is 23.2 Å². The molecule has 0 radical (unpaired) electrons. The number of rotatable bonds is 5. The number of nitrogens with zero attached hydrogens (tertiary/aromatic N) is 1. The van der Waals surface area contributed by atoms with E-state index < -0.39 is 6.09 Å². The van der Waals surface area contributed by atoms with Gasteiger partial charge in [-0.05, 0) is 23.8 Å². The predicted molar refractivity (Wildman–Crippen MR) is 84.6 cm³/mol. The maximum Gasteiger partial charge on any atom is 0.407 e. The Balaban J connectivity index is 1.75. The Bertz CT molecular complexity index is 660. The number of benzene rings is 1. The number of amides is 1. The van der Waals surface area contributed by atoms with Crippen molar-refractivity contribution in [3.8, 4) is 5.75 Å². The highest BCUT2D eigenvalue weighted by molar-refractivity contribution is 6.29. The maximum absolute atomic E-state index is 11.5. The van der Waals surface area contributed by atoms with E-state index >= 15 is 0 Å². The fourth-order valence-electron chi connectivity index (χ4n) is 1.65. The molecule has 114 valence electrons. The molecule has 0 spiro atoms. The van der Waals surface area contributed by atoms with Gasteiger partial charge in [0.25, 0.3) is 0 Å². The van der Waals surface area contributed by atoms with Crippen LogP contribution in [-0.2, 0) is 11.3 Å². The van der Waals surface area contributed by atoms with Crippen molar-refractivity contribution in [3.05, 3.63) is 65.0 Å². The molecule has 5 nitrogen and oxygen atoms in total. The van der Waals surface area contributed by atoms with Gasteiger partial charge in [-0.25, -0.2) is 9.78 Å². The molecule has 2 aromatic rings. The van der Waals surface area contributed by atoms with Crippen molar-refractivity contribution in [1.82, 2.24) is 10.3 Å². The van der Waals surface area contributed by atoms with E-state index in [1.807, 2.05) is 30.3 Å². The van der Waals surface area contributed by atoms with Crippen molar-refractivity contribution in [2.45, 2.75) is 6.61 Å². The van der Waals surface area contributed by atoms with Crippen molar-refractivity contribution < 1.29 is 14.6 Å². The van der Waals surface area contributed by atoms with Gasteiger partial charge in [0.15, 0.2) is 0 Å². The lowest BCUT2D eigenvalue weighted by molar-refractivity contribution is 0.141. The van der Waals surface area contributed by atoms with Crippen LogP contribution >= 0.6 is 11.6 Å². The van der Waals surface area contributed by atoms with Gasteiger partial charge in [-0.2, -0.15) is 0 Å². The summed E-state index contributed by atoms with van der Waals surface area (Å²) in [6.07, 6.45) is 2.69. The number of halogens is 1. The number of carbonyl (C=O) groups is 1. The number of ether oxygens (including phenoxy) is 1. The first-order valence-electron chi connectivity index (χ1n) is 6.62. The highest BCUT2D eigenvalue weighted by atomic mass is 35.5. The minimum absolute atomic E-state index is 0.0207. The second-order valence-electron chi connectivity index (χ2n) is 4.38. The Labute approximate surface area is 133 Å². The molecule has 2 N–H and O–H groups in total. The van der Waals surface area contributed by atoms with E-state index in [1.165, 1.54) is 12.1 Å². The molecule has 6 heteroatoms. The molecule has 0 aliphatic heterocycles. The zero-order chi connectivity index (χ0) is 15.8. The molecule has 1 heterocycles. The lowest BCUT2D eigenvalue weighted by atomic mass is 10.2. The van der Waals surface area contributed by atoms with E-state index in [-0.39, 0.29) is 24.1 Å². The van der Waals surface area contributed by atoms with Crippen LogP contribution < -0.4 is 5.32 Å². The third-order valence-corrected chi connectivity index (χ3v) is 2.93. The maximum atomic E-state index is 11.5. The van der Waals surface area contributed by atoms with Crippen LogP contribution in [0, 0.1) is 0 Å². The Morgan fingerprint density at radius 2 is 2.05 bits per heavy atom. The first kappa shape index (κ1) is 15.9. The average Bonchev–Trinajstić information content (AvgIpc) is 2.53. The van der Waals surface area contributed by atoms with Crippen molar-refractivity contribution in [1.29, 1.82) is 0 Å². The standard InChI is InChI=1S/C16H15ClN2O3/c17-15-9-8-14(20)13(19-15)7-4-10-18-16(21)22-11-12-5-2-1-3-6-12/h1-9,20H,10-11H2,(H,18,21). The van der Waals surface area contributed by atoms with Crippen molar-refractivity contribution >= 4 is 23.8 Å². The highest BCUT2D eigenvalue weighted by Gasteiger charge is 2.01. The fraction of sp³-hybridized carbons (Fsp3) is 0.125. The summed E-state index contributed by atoms with van der Waals surface area (Å²) in [7, 11) is 0. The fourth-order valence-corrected chi connectivity index (χ4v) is 1.81. The number of hydrogen-bond acceptors (Lipinski definition) is 4. The second kappa shape index (κ2) is 8.05. The quantitative estimate of drug-likeness (QED) is 0.829. The molecule has 1 aromatic heterocycles. The molecule has 1 amide bonds. The number of alkyl carbamates (subject to hydrolysis) is 1. The van der Waals surface area contributed by atoms with Crippen LogP contribution in [0.2, 0.25) is 5.15 Å². The van der Waals surface area contributed by atoms with Crippen molar-refractivity contribution in [2.75, 3.05) is 6.54 Å². The van der Waals surface area contributed by atoms with Gasteiger partial charge >= 0.3 is 6.09 Å². The molecule has 0 aliphatic carbocycles. The second-order valence-corrected chi connectivity index (χ2v) is 4.77. The van der Waals surface area contributed by atoms with E-state index in [9.17, 15) is 9.90 Å². The highest BCUT2D eigenvalue weighted by Crippen LogP contribution is 2.18. The van der Waals surface area contributed by atoms with E-state index in [1.54, 1.807) is 12.2 Å². The molecule has 0 aliphatic rings. The summed E-state index contributed by atoms with van der Waals surface area (Å²) in [6, 6.07) is 12.4. The largest absolute Gasteiger partial charge is 0.506 e. The Kier molecular flexibility index (Phi) is 5.80. The van der Waals surface area contributed by atoms with Crippen molar-refractivity contribution in [3.63, 3.8) is 0 Å². The lowest BCUT2D eigenvalue weighted by Gasteiger charge is -2.05. The van der Waals surface area contributed by atoms with Crippen LogP contribution in [0.3, 0.4) is 0 Å². The minimum atomic E-state index is -0.517. The molecular weight excluding hydrogens is 304 g/mol. The predicted octanol–water partition coefficient (Wildman–Crippen LogP) is 3.38. The summed E-state index contributed by atoms with van der Waals surface area (Å²) < 4.78 is 5.05. The summed E-state index contributed by atoms with van der Waals surface area (Å²) >= 11 is 5.73. The van der Waals surface area contributed by atoms with Crippen LogP contribution in [-0.4, -0.2) is 22.7 Å². The molecule has 1 aromatic carbocycles. The topological polar surface area (TPSA) is 71.5 Å². The Hall–Kier alpha value is -2.53. The number of hydrogen-bond donors (Lipinski definition) is 2. The van der Waals surface area contributed by atoms with Crippen LogP contribution in [0.25, 0.3) is 6.08 Å². The molecule has 0 saturated heterocycles. The summed E-state index contributed by atoms with van der Waals surface area (Å²) in [5, 5.41) is 12.4. The monoisotopic (exact) mass is 318 g/mol. The summed E-state index contributed by atoms with van der Waals surface area (Å²) in [4.78, 5) is 15.4. The Morgan fingerprint density at radius 3 is 2.82 bits per heavy atom. The van der Waals surface area contributed by atoms with Gasteiger partial charge < -0.3 is 15.2 Å². The van der Waals surface area contributed by atoms with Gasteiger partial charge in [0, 0.05) is 6.54 Å². The van der Waals surface area contributed by atoms with E-state index in [2.05, 4.69) is 10.3 Å². The third kappa shape index (κ3) is 5.10. The first-order chi connectivity index (χ1) is 10.6. The van der Waals surface area contributed by atoms with Crippen LogP contribution in [0.1, 0.15) is 11.3 Å². The van der Waals surface area contributed by atoms with Gasteiger partial charge in [0.05, 0.1) is 0 Å². The van der Waals surface area contributed by atoms with Crippen LogP contribution in [0.15, 0.2) is 48.5 Å². The van der Waals surface area contributed by atoms with E-state index in [0.29, 0.717) is 5.69 Å². The summed E-state index contributed by atoms with van der Waals surface area (Å²) in [6.45, 7) is 0.467. The molecule has 2 rings (SSSR count). The van der Waals surface area contributed by atoms with Crippen LogP contribution in [0.5, 0.6) is 5.75 Å². The molecular formula is C16H15ClN2O3. The SMILES string of the molecule is O=C(NCC=Cc1nc(Cl)ccc1O)OCc1ccccc1. The molecule has 0 saturated carbocycles. The zero-order valence-electron chi connectivity index (χ0n) is 11.7. The molecule has 0 fully saturated rings. The summed E-state index contributed by atoms with van der Waals surface area (Å²) in [5.74, 6) is 0.0207. The molecule has 0 atom stereocenters. The zero-order valence-corrected chi connectivity index (χ0v) is 12.5. The first-order valence-corrected chi connectivity index (χ1v) is 6.99. The van der Waals surface area contributed by atoms with Gasteiger partial charge in [-0.15, -0.1) is 0 Å². The molecule has 0 bridgehead atoms. The summed E-state index contributed by atoms with van der Waals surface area (Å²) in [5.41, 5.74) is 1.26. The Morgan fingerprint density at radius 1 is 1.27 bits per heavy atom. The normalized spacial score (nSPS) is 10.6. The smallest absolute Gasteiger partial charge is 0.407 e. The molecule has 0 unspecified atom stereocenters. The van der Waals surface area contributed by atoms with Gasteiger partial charge in [-0.1, -0.05) is 48.0 Å². The van der Waals surface area contributed by atoms with Gasteiger partial charge in [-0.3, -0.25) is 0 Å². The average molecular weight is 319 g/mol.